The predicted molar refractivity (Wildman–Crippen MR) is 78.0 cm³/mol. The van der Waals surface area contributed by atoms with Crippen molar-refractivity contribution in [3.05, 3.63) is 0 Å². The van der Waals surface area contributed by atoms with Gasteiger partial charge in [0, 0.05) is 12.6 Å². The maximum absolute atomic E-state index is 3.73. The second-order valence-corrected chi connectivity index (χ2v) is 6.17. The maximum Gasteiger partial charge on any atom is 0.0217 e. The maximum atomic E-state index is 3.73. The number of nitrogens with one attached hydrogen (secondary N) is 1. The first-order valence-electron chi connectivity index (χ1n) is 7.93. The predicted octanol–water partition coefficient (Wildman–Crippen LogP) is 1.79. The normalized spacial score (nSPS) is 28.7. The summed E-state index contributed by atoms with van der Waals surface area (Å²) in [4.78, 5) is 5.11. The van der Waals surface area contributed by atoms with Gasteiger partial charge < -0.3 is 15.1 Å². The SMILES string of the molecule is CCN1CCC(CNCC2CCCCN2C)CC1. The summed E-state index contributed by atoms with van der Waals surface area (Å²) in [5, 5.41) is 3.73. The summed E-state index contributed by atoms with van der Waals surface area (Å²) in [6.45, 7) is 9.86. The van der Waals surface area contributed by atoms with Gasteiger partial charge in [-0.1, -0.05) is 13.3 Å². The first kappa shape index (κ1) is 14.3. The molecule has 0 aliphatic carbocycles. The summed E-state index contributed by atoms with van der Waals surface area (Å²) in [6.07, 6.45) is 6.98. The minimum absolute atomic E-state index is 0.787. The topological polar surface area (TPSA) is 18.5 Å². The number of piperidine rings is 2. The second kappa shape index (κ2) is 7.46. The molecule has 1 atom stereocenters. The minimum atomic E-state index is 0.787. The fourth-order valence-corrected chi connectivity index (χ4v) is 3.36. The Kier molecular flexibility index (Phi) is 5.93. The van der Waals surface area contributed by atoms with Crippen molar-refractivity contribution < 1.29 is 0 Å². The molecule has 0 aromatic carbocycles. The molecule has 0 radical (unpaired) electrons. The molecule has 2 saturated heterocycles. The van der Waals surface area contributed by atoms with E-state index in [1.807, 2.05) is 0 Å². The molecule has 0 bridgehead atoms. The lowest BCUT2D eigenvalue weighted by atomic mass is 9.96. The highest BCUT2D eigenvalue weighted by Crippen LogP contribution is 2.17. The van der Waals surface area contributed by atoms with E-state index in [9.17, 15) is 0 Å². The third kappa shape index (κ3) is 4.22. The van der Waals surface area contributed by atoms with Crippen LogP contribution in [0.3, 0.4) is 0 Å². The molecule has 2 rings (SSSR count). The number of hydrogen-bond donors (Lipinski definition) is 1. The number of hydrogen-bond acceptors (Lipinski definition) is 3. The smallest absolute Gasteiger partial charge is 0.0217 e. The quantitative estimate of drug-likeness (QED) is 0.806. The summed E-state index contributed by atoms with van der Waals surface area (Å²) in [5.74, 6) is 0.918. The van der Waals surface area contributed by atoms with Gasteiger partial charge in [0.25, 0.3) is 0 Å². The van der Waals surface area contributed by atoms with Crippen molar-refractivity contribution in [3.8, 4) is 0 Å². The highest BCUT2D eigenvalue weighted by atomic mass is 15.2. The first-order chi connectivity index (χ1) is 8.79. The van der Waals surface area contributed by atoms with E-state index in [1.165, 1.54) is 71.4 Å². The van der Waals surface area contributed by atoms with Crippen molar-refractivity contribution in [2.45, 2.75) is 45.1 Å². The van der Waals surface area contributed by atoms with E-state index in [0.29, 0.717) is 0 Å². The van der Waals surface area contributed by atoms with Gasteiger partial charge in [0.05, 0.1) is 0 Å². The Hall–Kier alpha value is -0.120. The number of likely N-dealkylation sites (tertiary alicyclic amines) is 2. The molecule has 0 aromatic rings. The molecule has 0 saturated carbocycles. The minimum Gasteiger partial charge on any atom is -0.315 e. The fourth-order valence-electron chi connectivity index (χ4n) is 3.36. The van der Waals surface area contributed by atoms with Crippen molar-refractivity contribution in [2.24, 2.45) is 5.92 Å². The molecule has 3 heteroatoms. The Balaban J connectivity index is 1.58. The van der Waals surface area contributed by atoms with Gasteiger partial charge in [0.2, 0.25) is 0 Å². The molecule has 3 nitrogen and oxygen atoms in total. The van der Waals surface area contributed by atoms with E-state index < -0.39 is 0 Å². The molecule has 18 heavy (non-hydrogen) atoms. The molecule has 2 aliphatic heterocycles. The Morgan fingerprint density at radius 3 is 2.44 bits per heavy atom. The van der Waals surface area contributed by atoms with Crippen LogP contribution < -0.4 is 5.32 Å². The molecular weight excluding hydrogens is 222 g/mol. The molecule has 1 unspecified atom stereocenters. The van der Waals surface area contributed by atoms with E-state index in [1.54, 1.807) is 0 Å². The molecule has 2 fully saturated rings. The summed E-state index contributed by atoms with van der Waals surface area (Å²) >= 11 is 0. The first-order valence-corrected chi connectivity index (χ1v) is 7.93. The molecule has 2 aliphatic rings. The highest BCUT2D eigenvalue weighted by Gasteiger charge is 2.20. The summed E-state index contributed by atoms with van der Waals surface area (Å²) in [6, 6.07) is 0.787. The van der Waals surface area contributed by atoms with Gasteiger partial charge in [-0.15, -0.1) is 0 Å². The average molecular weight is 253 g/mol. The molecular formula is C15H31N3. The van der Waals surface area contributed by atoms with E-state index in [-0.39, 0.29) is 0 Å². The number of nitrogens with zero attached hydrogens (tertiary/aromatic N) is 2. The standard InChI is InChI=1S/C15H31N3/c1-3-18-10-7-14(8-11-18)12-16-13-15-6-4-5-9-17(15)2/h14-16H,3-13H2,1-2H3. The molecule has 106 valence electrons. The largest absolute Gasteiger partial charge is 0.315 e. The van der Waals surface area contributed by atoms with Crippen LogP contribution in [0.1, 0.15) is 39.0 Å². The van der Waals surface area contributed by atoms with Crippen molar-refractivity contribution in [1.82, 2.24) is 15.1 Å². The molecule has 0 amide bonds. The van der Waals surface area contributed by atoms with E-state index >= 15 is 0 Å². The summed E-state index contributed by atoms with van der Waals surface area (Å²) < 4.78 is 0. The average Bonchev–Trinajstić information content (AvgIpc) is 2.42. The molecule has 2 heterocycles. The Bertz CT molecular complexity index is 224. The van der Waals surface area contributed by atoms with Crippen LogP contribution in [-0.2, 0) is 0 Å². The number of rotatable bonds is 5. The monoisotopic (exact) mass is 253 g/mol. The van der Waals surface area contributed by atoms with Crippen LogP contribution in [0.2, 0.25) is 0 Å². The van der Waals surface area contributed by atoms with Crippen molar-refractivity contribution in [1.29, 1.82) is 0 Å². The van der Waals surface area contributed by atoms with Crippen LogP contribution in [0.4, 0.5) is 0 Å². The van der Waals surface area contributed by atoms with Crippen LogP contribution in [-0.4, -0.2) is 62.2 Å². The van der Waals surface area contributed by atoms with Crippen LogP contribution in [0, 0.1) is 5.92 Å². The Labute approximate surface area is 113 Å². The third-order valence-corrected chi connectivity index (χ3v) is 4.89. The van der Waals surface area contributed by atoms with Gasteiger partial charge in [-0.05, 0) is 71.4 Å². The van der Waals surface area contributed by atoms with E-state index in [2.05, 4.69) is 29.1 Å². The highest BCUT2D eigenvalue weighted by molar-refractivity contribution is 4.78. The van der Waals surface area contributed by atoms with Crippen molar-refractivity contribution in [3.63, 3.8) is 0 Å². The molecule has 1 N–H and O–H groups in total. The zero-order chi connectivity index (χ0) is 12.8. The van der Waals surface area contributed by atoms with Gasteiger partial charge in [-0.3, -0.25) is 0 Å². The van der Waals surface area contributed by atoms with E-state index in [4.69, 9.17) is 0 Å². The third-order valence-electron chi connectivity index (χ3n) is 4.89. The fraction of sp³-hybridized carbons (Fsp3) is 1.00. The Morgan fingerprint density at radius 1 is 1.00 bits per heavy atom. The van der Waals surface area contributed by atoms with Gasteiger partial charge >= 0.3 is 0 Å². The van der Waals surface area contributed by atoms with Gasteiger partial charge in [-0.25, -0.2) is 0 Å². The lowest BCUT2D eigenvalue weighted by Gasteiger charge is -2.34. The van der Waals surface area contributed by atoms with Crippen LogP contribution in [0.15, 0.2) is 0 Å². The van der Waals surface area contributed by atoms with Crippen molar-refractivity contribution in [2.75, 3.05) is 46.3 Å². The molecule has 0 aromatic heterocycles. The van der Waals surface area contributed by atoms with Gasteiger partial charge in [0.1, 0.15) is 0 Å². The lowest BCUT2D eigenvalue weighted by molar-refractivity contribution is 0.167. The summed E-state index contributed by atoms with van der Waals surface area (Å²) in [7, 11) is 2.28. The summed E-state index contributed by atoms with van der Waals surface area (Å²) in [5.41, 5.74) is 0. The second-order valence-electron chi connectivity index (χ2n) is 6.17. The van der Waals surface area contributed by atoms with Gasteiger partial charge in [-0.2, -0.15) is 0 Å². The van der Waals surface area contributed by atoms with Crippen LogP contribution in [0.5, 0.6) is 0 Å². The van der Waals surface area contributed by atoms with E-state index in [0.717, 1.165) is 12.0 Å². The zero-order valence-corrected chi connectivity index (χ0v) is 12.3. The van der Waals surface area contributed by atoms with Gasteiger partial charge in [0.15, 0.2) is 0 Å². The number of likely N-dealkylation sites (N-methyl/N-ethyl adjacent to an activating group) is 1. The van der Waals surface area contributed by atoms with Crippen LogP contribution >= 0.6 is 0 Å². The van der Waals surface area contributed by atoms with Crippen molar-refractivity contribution >= 4 is 0 Å². The van der Waals surface area contributed by atoms with Crippen LogP contribution in [0.25, 0.3) is 0 Å². The Morgan fingerprint density at radius 2 is 1.78 bits per heavy atom. The zero-order valence-electron chi connectivity index (χ0n) is 12.3. The lowest BCUT2D eigenvalue weighted by Crippen LogP contribution is -2.45. The molecule has 0 spiro atoms.